The van der Waals surface area contributed by atoms with Crippen molar-refractivity contribution in [2.45, 2.75) is 31.4 Å². The van der Waals surface area contributed by atoms with Gasteiger partial charge in [-0.05, 0) is 24.8 Å². The predicted octanol–water partition coefficient (Wildman–Crippen LogP) is 2.11. The van der Waals surface area contributed by atoms with E-state index in [0.29, 0.717) is 0 Å². The fourth-order valence-corrected chi connectivity index (χ4v) is 2.06. The number of benzene rings is 1. The molecule has 0 heterocycles. The third kappa shape index (κ3) is 2.70. The van der Waals surface area contributed by atoms with Gasteiger partial charge in [-0.2, -0.15) is 0 Å². The molecule has 0 amide bonds. The minimum Gasteiger partial charge on any atom is -0.505 e. The van der Waals surface area contributed by atoms with Crippen LogP contribution in [0, 0.1) is 11.7 Å². The van der Waals surface area contributed by atoms with Crippen molar-refractivity contribution < 1.29 is 14.6 Å². The lowest BCUT2D eigenvalue weighted by Crippen LogP contribution is -2.36. The molecule has 1 aromatic rings. The van der Waals surface area contributed by atoms with Crippen LogP contribution in [0.25, 0.3) is 0 Å². The van der Waals surface area contributed by atoms with Crippen LogP contribution in [0.1, 0.15) is 30.9 Å². The number of rotatable bonds is 3. The van der Waals surface area contributed by atoms with E-state index in [0.717, 1.165) is 19.3 Å². The Hall–Kier alpha value is -0.840. The number of hydrogen-bond donors (Lipinski definition) is 3. The van der Waals surface area contributed by atoms with Crippen molar-refractivity contribution in [2.75, 3.05) is 0 Å². The van der Waals surface area contributed by atoms with Gasteiger partial charge in [0.1, 0.15) is 0 Å². The van der Waals surface area contributed by atoms with Gasteiger partial charge in [0, 0.05) is 5.56 Å². The van der Waals surface area contributed by atoms with E-state index in [2.05, 4.69) is 0 Å². The standard InChI is InChI=1S/C12H16FNO2.ClH/c13-9-6-2-5-8(12(9)16)10(14)11(15)7-3-1-4-7;/h2,5-7,10-11,15-16H,1,3-4,14H2;1H/t10-,11+;/m1./s1. The zero-order chi connectivity index (χ0) is 11.7. The minimum atomic E-state index is -0.721. The van der Waals surface area contributed by atoms with Crippen LogP contribution >= 0.6 is 12.4 Å². The van der Waals surface area contributed by atoms with E-state index in [9.17, 15) is 14.6 Å². The van der Waals surface area contributed by atoms with Crippen molar-refractivity contribution in [3.63, 3.8) is 0 Å². The minimum absolute atomic E-state index is 0. The molecule has 2 rings (SSSR count). The maximum Gasteiger partial charge on any atom is 0.165 e. The molecule has 0 saturated heterocycles. The molecule has 1 saturated carbocycles. The quantitative estimate of drug-likeness (QED) is 0.781. The number of para-hydroxylation sites is 1. The summed E-state index contributed by atoms with van der Waals surface area (Å²) >= 11 is 0. The second kappa shape index (κ2) is 5.67. The highest BCUT2D eigenvalue weighted by Crippen LogP contribution is 2.36. The lowest BCUT2D eigenvalue weighted by molar-refractivity contribution is 0.0406. The van der Waals surface area contributed by atoms with Crippen LogP contribution < -0.4 is 5.73 Å². The monoisotopic (exact) mass is 261 g/mol. The Kier molecular flexibility index (Phi) is 4.74. The summed E-state index contributed by atoms with van der Waals surface area (Å²) in [5.74, 6) is -0.972. The molecule has 2 atom stereocenters. The largest absolute Gasteiger partial charge is 0.505 e. The molecule has 5 heteroatoms. The lowest BCUT2D eigenvalue weighted by atomic mass is 9.77. The molecule has 1 aliphatic rings. The molecule has 0 spiro atoms. The summed E-state index contributed by atoms with van der Waals surface area (Å²) in [4.78, 5) is 0. The summed E-state index contributed by atoms with van der Waals surface area (Å²) < 4.78 is 13.1. The first kappa shape index (κ1) is 14.2. The Morgan fingerprint density at radius 3 is 2.53 bits per heavy atom. The molecular formula is C12H17ClFNO2. The van der Waals surface area contributed by atoms with Gasteiger partial charge in [-0.15, -0.1) is 12.4 Å². The summed E-state index contributed by atoms with van der Waals surface area (Å²) in [7, 11) is 0. The molecule has 0 aromatic heterocycles. The topological polar surface area (TPSA) is 66.5 Å². The number of hydrogen-bond acceptors (Lipinski definition) is 3. The molecule has 1 fully saturated rings. The number of phenolic OH excluding ortho intramolecular Hbond substituents is 1. The average Bonchev–Trinajstić information content (AvgIpc) is 2.18. The van der Waals surface area contributed by atoms with E-state index < -0.39 is 23.7 Å². The molecular weight excluding hydrogens is 245 g/mol. The van der Waals surface area contributed by atoms with Crippen molar-refractivity contribution in [1.29, 1.82) is 0 Å². The normalized spacial score (nSPS) is 19.0. The third-order valence-electron chi connectivity index (χ3n) is 3.38. The van der Waals surface area contributed by atoms with E-state index >= 15 is 0 Å². The SMILES string of the molecule is Cl.N[C@H](c1cccc(F)c1O)[C@@H](O)C1CCC1. The molecule has 1 aromatic carbocycles. The Bertz CT molecular complexity index is 385. The van der Waals surface area contributed by atoms with Gasteiger partial charge in [0.2, 0.25) is 0 Å². The number of nitrogens with two attached hydrogens (primary N) is 1. The Morgan fingerprint density at radius 1 is 1.35 bits per heavy atom. The zero-order valence-corrected chi connectivity index (χ0v) is 10.2. The van der Waals surface area contributed by atoms with E-state index in [1.165, 1.54) is 12.1 Å². The van der Waals surface area contributed by atoms with Gasteiger partial charge in [-0.25, -0.2) is 4.39 Å². The van der Waals surface area contributed by atoms with E-state index in [-0.39, 0.29) is 23.9 Å². The van der Waals surface area contributed by atoms with Gasteiger partial charge in [0.05, 0.1) is 12.1 Å². The van der Waals surface area contributed by atoms with Crippen LogP contribution in [0.2, 0.25) is 0 Å². The highest BCUT2D eigenvalue weighted by atomic mass is 35.5. The Morgan fingerprint density at radius 2 is 2.00 bits per heavy atom. The van der Waals surface area contributed by atoms with Crippen LogP contribution in [-0.4, -0.2) is 16.3 Å². The van der Waals surface area contributed by atoms with Crippen molar-refractivity contribution in [3.05, 3.63) is 29.6 Å². The van der Waals surface area contributed by atoms with E-state index in [1.54, 1.807) is 6.07 Å². The smallest absolute Gasteiger partial charge is 0.165 e. The number of aliphatic hydroxyl groups excluding tert-OH is 1. The van der Waals surface area contributed by atoms with Crippen molar-refractivity contribution in [1.82, 2.24) is 0 Å². The summed E-state index contributed by atoms with van der Waals surface area (Å²) in [6.45, 7) is 0. The van der Waals surface area contributed by atoms with Crippen molar-refractivity contribution in [3.8, 4) is 5.75 Å². The van der Waals surface area contributed by atoms with Crippen LogP contribution in [0.4, 0.5) is 4.39 Å². The average molecular weight is 262 g/mol. The number of halogens is 2. The maximum absolute atomic E-state index is 13.1. The molecule has 1 aliphatic carbocycles. The highest BCUT2D eigenvalue weighted by molar-refractivity contribution is 5.85. The van der Waals surface area contributed by atoms with E-state index in [1.807, 2.05) is 0 Å². The van der Waals surface area contributed by atoms with Gasteiger partial charge in [0.25, 0.3) is 0 Å². The van der Waals surface area contributed by atoms with Crippen molar-refractivity contribution >= 4 is 12.4 Å². The Balaban J connectivity index is 0.00000144. The fourth-order valence-electron chi connectivity index (χ4n) is 2.06. The molecule has 96 valence electrons. The molecule has 0 radical (unpaired) electrons. The first-order valence-corrected chi connectivity index (χ1v) is 5.52. The van der Waals surface area contributed by atoms with Gasteiger partial charge < -0.3 is 15.9 Å². The summed E-state index contributed by atoms with van der Waals surface area (Å²) in [6.07, 6.45) is 2.29. The molecule has 0 aliphatic heterocycles. The van der Waals surface area contributed by atoms with Gasteiger partial charge in [0.15, 0.2) is 11.6 Å². The number of aliphatic hydroxyl groups is 1. The molecule has 4 N–H and O–H groups in total. The first-order chi connectivity index (χ1) is 7.61. The molecule has 17 heavy (non-hydrogen) atoms. The van der Waals surface area contributed by atoms with Gasteiger partial charge >= 0.3 is 0 Å². The maximum atomic E-state index is 13.1. The van der Waals surface area contributed by atoms with Crippen LogP contribution in [0.3, 0.4) is 0 Å². The third-order valence-corrected chi connectivity index (χ3v) is 3.38. The summed E-state index contributed by atoms with van der Waals surface area (Å²) in [6, 6.07) is 3.48. The van der Waals surface area contributed by atoms with Gasteiger partial charge in [-0.3, -0.25) is 0 Å². The molecule has 3 nitrogen and oxygen atoms in total. The predicted molar refractivity (Wildman–Crippen MR) is 65.6 cm³/mol. The summed E-state index contributed by atoms with van der Waals surface area (Å²) in [5.41, 5.74) is 6.12. The highest BCUT2D eigenvalue weighted by Gasteiger charge is 2.32. The van der Waals surface area contributed by atoms with Gasteiger partial charge in [-0.1, -0.05) is 18.6 Å². The zero-order valence-electron chi connectivity index (χ0n) is 9.34. The van der Waals surface area contributed by atoms with Crippen LogP contribution in [-0.2, 0) is 0 Å². The molecule has 0 unspecified atom stereocenters. The molecule has 0 bridgehead atoms. The second-order valence-electron chi connectivity index (χ2n) is 4.39. The second-order valence-corrected chi connectivity index (χ2v) is 4.39. The summed E-state index contributed by atoms with van der Waals surface area (Å²) in [5, 5.41) is 19.5. The number of aromatic hydroxyl groups is 1. The van der Waals surface area contributed by atoms with Crippen molar-refractivity contribution in [2.24, 2.45) is 11.7 Å². The first-order valence-electron chi connectivity index (χ1n) is 5.52. The fraction of sp³-hybridized carbons (Fsp3) is 0.500. The lowest BCUT2D eigenvalue weighted by Gasteiger charge is -2.33. The van der Waals surface area contributed by atoms with Crippen LogP contribution in [0.15, 0.2) is 18.2 Å². The number of phenols is 1. The van der Waals surface area contributed by atoms with E-state index in [4.69, 9.17) is 5.73 Å². The Labute approximate surface area is 106 Å². The van der Waals surface area contributed by atoms with Crippen LogP contribution in [0.5, 0.6) is 5.75 Å².